The number of rotatable bonds is 9. The highest BCUT2D eigenvalue weighted by Crippen LogP contribution is 2.68. The van der Waals surface area contributed by atoms with Gasteiger partial charge >= 0.3 is 5.97 Å². The van der Waals surface area contributed by atoms with E-state index < -0.39 is 17.1 Å². The van der Waals surface area contributed by atoms with Gasteiger partial charge < -0.3 is 25.6 Å². The first-order chi connectivity index (χ1) is 22.0. The van der Waals surface area contributed by atoms with Crippen molar-refractivity contribution in [2.24, 2.45) is 34.3 Å². The van der Waals surface area contributed by atoms with E-state index in [-0.39, 0.29) is 52.5 Å². The van der Waals surface area contributed by atoms with E-state index in [1.54, 1.807) is 20.1 Å². The maximum atomic E-state index is 13.7. The number of nitrogens with one attached hydrogen (secondary N) is 1. The van der Waals surface area contributed by atoms with Crippen LogP contribution in [0.2, 0.25) is 0 Å². The summed E-state index contributed by atoms with van der Waals surface area (Å²) in [5.41, 5.74) is 8.33. The molecule has 11 heteroatoms. The van der Waals surface area contributed by atoms with Crippen LogP contribution in [-0.4, -0.2) is 69.7 Å². The van der Waals surface area contributed by atoms with E-state index in [2.05, 4.69) is 25.2 Å². The number of aliphatic hydroxyl groups is 1. The van der Waals surface area contributed by atoms with E-state index in [9.17, 15) is 19.5 Å². The van der Waals surface area contributed by atoms with Crippen LogP contribution in [-0.2, 0) is 25.5 Å². The molecule has 1 aromatic carbocycles. The molecule has 4 aliphatic rings. The van der Waals surface area contributed by atoms with E-state index in [1.807, 2.05) is 29.1 Å². The molecule has 0 radical (unpaired) electrons. The Balaban J connectivity index is 1.30. The summed E-state index contributed by atoms with van der Waals surface area (Å²) >= 11 is 1.02. The average molecular weight is 651 g/mol. The van der Waals surface area contributed by atoms with Crippen LogP contribution >= 0.6 is 11.8 Å². The highest BCUT2D eigenvalue weighted by atomic mass is 32.2. The summed E-state index contributed by atoms with van der Waals surface area (Å²) in [6.45, 7) is 6.96. The fourth-order valence-corrected chi connectivity index (χ4v) is 10.3. The number of nitrogens with zero attached hydrogens (tertiary/aromatic N) is 2. The third kappa shape index (κ3) is 5.14. The van der Waals surface area contributed by atoms with Gasteiger partial charge in [-0.05, 0) is 91.5 Å². The number of ether oxygens (including phenoxy) is 2. The fraction of sp³-hybridized carbons (Fsp3) is 0.600. The number of amides is 1. The third-order valence-electron chi connectivity index (χ3n) is 11.6. The van der Waals surface area contributed by atoms with Crippen LogP contribution in [0.3, 0.4) is 0 Å². The van der Waals surface area contributed by atoms with Crippen LogP contribution in [0.5, 0.6) is 0 Å². The number of hydrogen-bond acceptors (Lipinski definition) is 9. The largest absolute Gasteiger partial charge is 0.449 e. The number of carbonyl (C=O) groups excluding carboxylic acids is 3. The number of benzene rings is 1. The molecule has 0 spiro atoms. The predicted molar refractivity (Wildman–Crippen MR) is 176 cm³/mol. The molecule has 6 rings (SSSR count). The summed E-state index contributed by atoms with van der Waals surface area (Å²) in [7, 11) is 1.60. The van der Waals surface area contributed by atoms with Gasteiger partial charge in [-0.25, -0.2) is 4.68 Å². The van der Waals surface area contributed by atoms with Crippen molar-refractivity contribution in [2.45, 2.75) is 77.4 Å². The highest BCUT2D eigenvalue weighted by Gasteiger charge is 2.70. The lowest BCUT2D eigenvalue weighted by Crippen LogP contribution is -2.62. The zero-order valence-electron chi connectivity index (χ0n) is 27.2. The van der Waals surface area contributed by atoms with Crippen molar-refractivity contribution in [1.29, 1.82) is 0 Å². The molecule has 7 atom stereocenters. The summed E-state index contributed by atoms with van der Waals surface area (Å²) in [5.74, 6) is -0.123. The first-order valence-electron chi connectivity index (χ1n) is 16.5. The van der Waals surface area contributed by atoms with Gasteiger partial charge in [0.2, 0.25) is 5.12 Å². The Morgan fingerprint density at radius 1 is 1.24 bits per heavy atom. The van der Waals surface area contributed by atoms with Crippen LogP contribution in [0.4, 0.5) is 0 Å². The molecule has 2 aromatic rings. The van der Waals surface area contributed by atoms with Gasteiger partial charge in [-0.1, -0.05) is 44.2 Å². The maximum absolute atomic E-state index is 13.7. The molecular weight excluding hydrogens is 604 g/mol. The summed E-state index contributed by atoms with van der Waals surface area (Å²) in [6, 6.07) is 7.47. The molecule has 0 bridgehead atoms. The lowest BCUT2D eigenvalue weighted by atomic mass is 9.45. The van der Waals surface area contributed by atoms with Crippen LogP contribution in [0, 0.1) is 28.6 Å². The van der Waals surface area contributed by atoms with Crippen molar-refractivity contribution in [3.05, 3.63) is 52.9 Å². The summed E-state index contributed by atoms with van der Waals surface area (Å²) in [4.78, 5) is 39.1. The number of aromatic nitrogens is 2. The number of aliphatic hydroxyl groups excluding tert-OH is 1. The molecule has 0 aliphatic heterocycles. The van der Waals surface area contributed by atoms with Crippen LogP contribution in [0.15, 0.2) is 36.0 Å². The SMILES string of the molecule is CCC(=O)O[C@]1(C(=O)SCN)CCC2C3CCC4=Cc5c(cnn5-c5cccc(C(=O)NCCOC)c5)C[C@]4(C)C3C(O)C[C@@]21C. The Labute approximate surface area is 274 Å². The van der Waals surface area contributed by atoms with Crippen molar-refractivity contribution in [1.82, 2.24) is 15.1 Å². The van der Waals surface area contributed by atoms with Gasteiger partial charge in [0.1, 0.15) is 0 Å². The number of nitrogens with two attached hydrogens (primary N) is 1. The van der Waals surface area contributed by atoms with Gasteiger partial charge in [0.15, 0.2) is 5.60 Å². The molecule has 3 saturated carbocycles. The number of thioether (sulfide) groups is 1. The van der Waals surface area contributed by atoms with Gasteiger partial charge in [0, 0.05) is 36.9 Å². The molecule has 4 unspecified atom stereocenters. The van der Waals surface area contributed by atoms with Crippen molar-refractivity contribution in [3.63, 3.8) is 0 Å². The lowest BCUT2D eigenvalue weighted by molar-refractivity contribution is -0.196. The fourth-order valence-electron chi connectivity index (χ4n) is 9.53. The Morgan fingerprint density at radius 3 is 2.78 bits per heavy atom. The zero-order valence-corrected chi connectivity index (χ0v) is 28.0. The first-order valence-corrected chi connectivity index (χ1v) is 17.4. The van der Waals surface area contributed by atoms with E-state index in [0.29, 0.717) is 31.6 Å². The predicted octanol–water partition coefficient (Wildman–Crippen LogP) is 4.27. The maximum Gasteiger partial charge on any atom is 0.306 e. The first kappa shape index (κ1) is 32.9. The molecule has 3 fully saturated rings. The quantitative estimate of drug-likeness (QED) is 0.206. The summed E-state index contributed by atoms with van der Waals surface area (Å²) in [6.07, 6.45) is 7.80. The van der Waals surface area contributed by atoms with Crippen LogP contribution in [0.1, 0.15) is 80.9 Å². The Morgan fingerprint density at radius 2 is 2.04 bits per heavy atom. The molecule has 4 aliphatic carbocycles. The molecule has 46 heavy (non-hydrogen) atoms. The Kier molecular flexibility index (Phi) is 8.99. The number of carbonyl (C=O) groups is 3. The molecule has 10 nitrogen and oxygen atoms in total. The minimum absolute atomic E-state index is 0.00357. The second kappa shape index (κ2) is 12.6. The van der Waals surface area contributed by atoms with Crippen LogP contribution in [0.25, 0.3) is 11.8 Å². The van der Waals surface area contributed by atoms with Crippen LogP contribution < -0.4 is 11.1 Å². The molecule has 0 saturated heterocycles. The third-order valence-corrected chi connectivity index (χ3v) is 12.4. The van der Waals surface area contributed by atoms with Crippen molar-refractivity contribution in [2.75, 3.05) is 26.1 Å². The lowest BCUT2D eigenvalue weighted by Gasteiger charge is -2.60. The molecular formula is C35H46N4O6S. The number of fused-ring (bicyclic) bond motifs is 6. The minimum atomic E-state index is -1.28. The van der Waals surface area contributed by atoms with Crippen molar-refractivity contribution in [3.8, 4) is 5.69 Å². The highest BCUT2D eigenvalue weighted by molar-refractivity contribution is 8.13. The molecule has 248 valence electrons. The van der Waals surface area contributed by atoms with Gasteiger partial charge in [0.05, 0.1) is 30.3 Å². The summed E-state index contributed by atoms with van der Waals surface area (Å²) < 4.78 is 13.1. The molecule has 4 N–H and O–H groups in total. The normalized spacial score (nSPS) is 32.8. The van der Waals surface area contributed by atoms with Crippen molar-refractivity contribution >= 4 is 34.8 Å². The molecule has 1 heterocycles. The van der Waals surface area contributed by atoms with E-state index in [4.69, 9.17) is 20.3 Å². The van der Waals surface area contributed by atoms with Gasteiger partial charge in [-0.3, -0.25) is 14.4 Å². The Hall–Kier alpha value is -2.99. The summed E-state index contributed by atoms with van der Waals surface area (Å²) in [5, 5.41) is 19.5. The number of hydrogen-bond donors (Lipinski definition) is 3. The molecule has 1 aromatic heterocycles. The second-order valence-electron chi connectivity index (χ2n) is 13.8. The number of allylic oxidation sites excluding steroid dienone is 1. The smallest absolute Gasteiger partial charge is 0.306 e. The number of esters is 1. The standard InChI is InChI=1S/C35H46N4O6S/c1-5-29(41)45-35(32(43)46-20-36)12-11-26-25-10-9-23-16-27-22(17-33(23,2)30(25)28(40)18-34(26,35)3)19-38-39(27)24-8-6-7-21(15-24)31(42)37-13-14-44-4/h6-8,15-16,19,25-26,28,30,40H,5,9-14,17-18,20,36H2,1-4H3,(H,37,42)/t25?,26?,28?,30?,33-,34-,35-/m0/s1. The average Bonchev–Trinajstić information content (AvgIpc) is 3.57. The van der Waals surface area contributed by atoms with E-state index in [0.717, 1.165) is 54.4 Å². The topological polar surface area (TPSA) is 146 Å². The van der Waals surface area contributed by atoms with Gasteiger partial charge in [0.25, 0.3) is 5.91 Å². The van der Waals surface area contributed by atoms with E-state index in [1.165, 1.54) is 5.57 Å². The molecule has 1 amide bonds. The van der Waals surface area contributed by atoms with Crippen molar-refractivity contribution < 1.29 is 29.0 Å². The minimum Gasteiger partial charge on any atom is -0.449 e. The van der Waals surface area contributed by atoms with E-state index >= 15 is 0 Å². The van der Waals surface area contributed by atoms with Gasteiger partial charge in [-0.2, -0.15) is 5.10 Å². The second-order valence-corrected chi connectivity index (χ2v) is 14.8. The zero-order chi connectivity index (χ0) is 32.9. The monoisotopic (exact) mass is 650 g/mol. The Bertz CT molecular complexity index is 1560. The number of methoxy groups -OCH3 is 1. The van der Waals surface area contributed by atoms with Gasteiger partial charge in [-0.15, -0.1) is 0 Å².